The summed E-state index contributed by atoms with van der Waals surface area (Å²) in [5.74, 6) is 0.116. The second-order valence-corrected chi connectivity index (χ2v) is 7.38. The summed E-state index contributed by atoms with van der Waals surface area (Å²) in [6.07, 6.45) is 0.387. The van der Waals surface area contributed by atoms with Crippen LogP contribution < -0.4 is 0 Å². The normalized spacial score (nSPS) is 10.7. The van der Waals surface area contributed by atoms with Crippen molar-refractivity contribution in [3.63, 3.8) is 0 Å². The van der Waals surface area contributed by atoms with E-state index >= 15 is 0 Å². The summed E-state index contributed by atoms with van der Waals surface area (Å²) in [5.41, 5.74) is 0.973. The second kappa shape index (κ2) is 5.08. The van der Waals surface area contributed by atoms with Crippen LogP contribution in [0.5, 0.6) is 0 Å². The molecule has 0 saturated heterocycles. The summed E-state index contributed by atoms with van der Waals surface area (Å²) in [6.45, 7) is 1.93. The minimum Gasteiger partial charge on any atom is -0.293 e. The van der Waals surface area contributed by atoms with Crippen molar-refractivity contribution < 1.29 is 4.79 Å². The Hall–Kier alpha value is -0.0400. The van der Waals surface area contributed by atoms with E-state index < -0.39 is 0 Å². The number of hydrogen-bond acceptors (Lipinski definition) is 4. The molecular formula is C10H7Br2NOS2. The Bertz CT molecular complexity index is 513. The standard InChI is InChI=1S/C10H7Br2NOS2/c1-5-4-15-9(13-5)3-7(14)8-2-6(11)10(12)16-8/h2,4H,3H2,1H3. The molecular weight excluding hydrogens is 374 g/mol. The van der Waals surface area contributed by atoms with Gasteiger partial charge in [0.1, 0.15) is 5.01 Å². The Morgan fingerprint density at radius 3 is 2.75 bits per heavy atom. The first-order valence-electron chi connectivity index (χ1n) is 4.45. The Labute approximate surface area is 118 Å². The van der Waals surface area contributed by atoms with Crippen LogP contribution >= 0.6 is 54.5 Å². The first kappa shape index (κ1) is 12.4. The van der Waals surface area contributed by atoms with E-state index in [2.05, 4.69) is 36.8 Å². The van der Waals surface area contributed by atoms with Gasteiger partial charge in [0.05, 0.1) is 15.1 Å². The van der Waals surface area contributed by atoms with Crippen LogP contribution in [0.4, 0.5) is 0 Å². The highest BCUT2D eigenvalue weighted by Gasteiger charge is 2.14. The quantitative estimate of drug-likeness (QED) is 0.735. The number of nitrogens with zero attached hydrogens (tertiary/aromatic N) is 1. The minimum atomic E-state index is 0.116. The summed E-state index contributed by atoms with van der Waals surface area (Å²) in [6, 6.07) is 1.84. The number of hydrogen-bond donors (Lipinski definition) is 0. The van der Waals surface area contributed by atoms with Crippen LogP contribution in [0.2, 0.25) is 0 Å². The molecule has 0 amide bonds. The van der Waals surface area contributed by atoms with Gasteiger partial charge in [0.2, 0.25) is 0 Å². The van der Waals surface area contributed by atoms with Crippen molar-refractivity contribution in [1.29, 1.82) is 0 Å². The number of carbonyl (C=O) groups excluding carboxylic acids is 1. The van der Waals surface area contributed by atoms with Crippen molar-refractivity contribution in [3.05, 3.63) is 35.3 Å². The minimum absolute atomic E-state index is 0.116. The maximum atomic E-state index is 11.9. The Morgan fingerprint density at radius 1 is 1.50 bits per heavy atom. The summed E-state index contributed by atoms with van der Waals surface area (Å²) in [7, 11) is 0. The molecule has 16 heavy (non-hydrogen) atoms. The van der Waals surface area contributed by atoms with E-state index in [-0.39, 0.29) is 5.78 Å². The van der Waals surface area contributed by atoms with Gasteiger partial charge in [-0.15, -0.1) is 22.7 Å². The second-order valence-electron chi connectivity index (χ2n) is 3.21. The largest absolute Gasteiger partial charge is 0.293 e. The van der Waals surface area contributed by atoms with Crippen molar-refractivity contribution in [2.75, 3.05) is 0 Å². The number of Topliss-reactive ketones (excluding diaryl/α,β-unsaturated/α-hetero) is 1. The molecule has 0 N–H and O–H groups in total. The average molecular weight is 381 g/mol. The molecule has 2 heterocycles. The van der Waals surface area contributed by atoms with E-state index in [0.29, 0.717) is 6.42 Å². The number of halogens is 2. The summed E-state index contributed by atoms with van der Waals surface area (Å²) in [5, 5.41) is 2.84. The number of ketones is 1. The zero-order chi connectivity index (χ0) is 11.7. The van der Waals surface area contributed by atoms with Crippen molar-refractivity contribution in [3.8, 4) is 0 Å². The molecule has 2 nitrogen and oxygen atoms in total. The van der Waals surface area contributed by atoms with Crippen LogP contribution in [0.3, 0.4) is 0 Å². The molecule has 2 aromatic rings. The van der Waals surface area contributed by atoms with Crippen LogP contribution in [0.1, 0.15) is 20.4 Å². The summed E-state index contributed by atoms with van der Waals surface area (Å²) >= 11 is 9.73. The number of carbonyl (C=O) groups is 1. The molecule has 0 fully saturated rings. The van der Waals surface area contributed by atoms with Gasteiger partial charge in [-0.2, -0.15) is 0 Å². The number of thiophene rings is 1. The molecule has 0 saturated carbocycles. The van der Waals surface area contributed by atoms with Crippen LogP contribution in [0, 0.1) is 6.92 Å². The van der Waals surface area contributed by atoms with Gasteiger partial charge in [-0.05, 0) is 44.8 Å². The van der Waals surface area contributed by atoms with Gasteiger partial charge in [0.15, 0.2) is 5.78 Å². The first-order valence-corrected chi connectivity index (χ1v) is 7.73. The van der Waals surface area contributed by atoms with Crippen molar-refractivity contribution in [1.82, 2.24) is 4.98 Å². The topological polar surface area (TPSA) is 30.0 Å². The third-order valence-electron chi connectivity index (χ3n) is 1.90. The average Bonchev–Trinajstić information content (AvgIpc) is 2.75. The van der Waals surface area contributed by atoms with Crippen molar-refractivity contribution >= 4 is 60.3 Å². The molecule has 2 rings (SSSR count). The fraction of sp³-hybridized carbons (Fsp3) is 0.200. The molecule has 0 aromatic carbocycles. The molecule has 0 aliphatic heterocycles. The smallest absolute Gasteiger partial charge is 0.179 e. The third kappa shape index (κ3) is 2.80. The van der Waals surface area contributed by atoms with E-state index in [1.54, 1.807) is 0 Å². The molecule has 6 heteroatoms. The molecule has 0 radical (unpaired) electrons. The van der Waals surface area contributed by atoms with Gasteiger partial charge in [-0.3, -0.25) is 4.79 Å². The van der Waals surface area contributed by atoms with Gasteiger partial charge in [0.25, 0.3) is 0 Å². The summed E-state index contributed by atoms with van der Waals surface area (Å²) in [4.78, 5) is 17.0. The molecule has 2 aromatic heterocycles. The zero-order valence-corrected chi connectivity index (χ0v) is 13.1. The van der Waals surface area contributed by atoms with E-state index in [9.17, 15) is 4.79 Å². The van der Waals surface area contributed by atoms with Gasteiger partial charge in [-0.25, -0.2) is 4.98 Å². The lowest BCUT2D eigenvalue weighted by molar-refractivity contribution is 0.0996. The highest BCUT2D eigenvalue weighted by atomic mass is 79.9. The van der Waals surface area contributed by atoms with Crippen molar-refractivity contribution in [2.24, 2.45) is 0 Å². The molecule has 0 spiro atoms. The molecule has 0 atom stereocenters. The van der Waals surface area contributed by atoms with Gasteiger partial charge < -0.3 is 0 Å². The number of aromatic nitrogens is 1. The SMILES string of the molecule is Cc1csc(CC(=O)c2cc(Br)c(Br)s2)n1. The lowest BCUT2D eigenvalue weighted by Crippen LogP contribution is -2.00. The van der Waals surface area contributed by atoms with Gasteiger partial charge in [0, 0.05) is 15.5 Å². The Kier molecular flexibility index (Phi) is 3.94. The lowest BCUT2D eigenvalue weighted by Gasteiger charge is -1.92. The van der Waals surface area contributed by atoms with E-state index in [0.717, 1.165) is 23.8 Å². The fourth-order valence-corrected chi connectivity index (χ4v) is 3.94. The van der Waals surface area contributed by atoms with Gasteiger partial charge in [-0.1, -0.05) is 0 Å². The van der Waals surface area contributed by atoms with E-state index in [1.807, 2.05) is 18.4 Å². The number of thiazole rings is 1. The van der Waals surface area contributed by atoms with Crippen LogP contribution in [0.25, 0.3) is 0 Å². The molecule has 0 aliphatic rings. The highest BCUT2D eigenvalue weighted by Crippen LogP contribution is 2.33. The maximum absolute atomic E-state index is 11.9. The molecule has 0 aliphatic carbocycles. The fourth-order valence-electron chi connectivity index (χ4n) is 1.19. The van der Waals surface area contributed by atoms with Gasteiger partial charge >= 0.3 is 0 Å². The molecule has 0 unspecified atom stereocenters. The molecule has 84 valence electrons. The monoisotopic (exact) mass is 379 g/mol. The third-order valence-corrected chi connectivity index (χ3v) is 6.16. The number of aryl methyl sites for hydroxylation is 1. The lowest BCUT2D eigenvalue weighted by atomic mass is 10.2. The van der Waals surface area contributed by atoms with Crippen molar-refractivity contribution in [2.45, 2.75) is 13.3 Å². The number of rotatable bonds is 3. The maximum Gasteiger partial charge on any atom is 0.179 e. The zero-order valence-electron chi connectivity index (χ0n) is 8.29. The summed E-state index contributed by atoms with van der Waals surface area (Å²) < 4.78 is 1.88. The molecule has 0 bridgehead atoms. The predicted octanol–water partition coefficient (Wildman–Crippen LogP) is 4.46. The van der Waals surface area contributed by atoms with Crippen LogP contribution in [0.15, 0.2) is 19.7 Å². The van der Waals surface area contributed by atoms with Crippen LogP contribution in [-0.2, 0) is 6.42 Å². The van der Waals surface area contributed by atoms with E-state index in [4.69, 9.17) is 0 Å². The van der Waals surface area contributed by atoms with E-state index in [1.165, 1.54) is 22.7 Å². The Balaban J connectivity index is 2.14. The first-order chi connectivity index (χ1) is 7.56. The predicted molar refractivity (Wildman–Crippen MR) is 74.6 cm³/mol. The Morgan fingerprint density at radius 2 is 2.25 bits per heavy atom. The highest BCUT2D eigenvalue weighted by molar-refractivity contribution is 9.13. The van der Waals surface area contributed by atoms with Crippen LogP contribution in [-0.4, -0.2) is 10.8 Å².